The van der Waals surface area contributed by atoms with Gasteiger partial charge in [-0.05, 0) is 19.8 Å². The molecular weight excluding hydrogens is 178 g/mol. The maximum atomic E-state index is 5.20. The molecule has 0 fully saturated rings. The van der Waals surface area contributed by atoms with E-state index in [1.165, 1.54) is 0 Å². The van der Waals surface area contributed by atoms with E-state index in [0.717, 1.165) is 13.1 Å². The number of rotatable bonds is 7. The number of methoxy groups -OCH3 is 2. The van der Waals surface area contributed by atoms with E-state index in [9.17, 15) is 0 Å². The average Bonchev–Trinajstić information content (AvgIpc) is 2.11. The smallest absolute Gasteiger partial charge is 0.169 e. The van der Waals surface area contributed by atoms with Crippen LogP contribution in [0.2, 0.25) is 0 Å². The molecule has 0 rings (SSSR count). The van der Waals surface area contributed by atoms with Crippen molar-refractivity contribution in [2.24, 2.45) is 5.92 Å². The van der Waals surface area contributed by atoms with Gasteiger partial charge in [-0.1, -0.05) is 13.8 Å². The number of ether oxygens (including phenoxy) is 2. The van der Waals surface area contributed by atoms with E-state index in [0.29, 0.717) is 12.0 Å². The standard InChI is InChI=1S/C11H25NO2/c1-9(2)7-12(10(3)4)8-11(13-5)14-6/h9-11H,7-8H2,1-6H3. The fourth-order valence-corrected chi connectivity index (χ4v) is 1.40. The molecular formula is C11H25NO2. The van der Waals surface area contributed by atoms with Gasteiger partial charge in [0, 0.05) is 33.4 Å². The third-order valence-electron chi connectivity index (χ3n) is 2.24. The van der Waals surface area contributed by atoms with E-state index in [-0.39, 0.29) is 6.29 Å². The Labute approximate surface area is 88.4 Å². The normalized spacial score (nSPS) is 12.4. The summed E-state index contributed by atoms with van der Waals surface area (Å²) in [4.78, 5) is 2.38. The van der Waals surface area contributed by atoms with Gasteiger partial charge in [0.05, 0.1) is 0 Å². The molecule has 0 saturated heterocycles. The molecule has 0 radical (unpaired) electrons. The Balaban J connectivity index is 4.07. The number of hydrogen-bond donors (Lipinski definition) is 0. The summed E-state index contributed by atoms with van der Waals surface area (Å²) in [5.41, 5.74) is 0. The Morgan fingerprint density at radius 1 is 0.929 bits per heavy atom. The van der Waals surface area contributed by atoms with Crippen molar-refractivity contribution in [3.8, 4) is 0 Å². The molecule has 0 atom stereocenters. The molecule has 0 aliphatic rings. The molecule has 0 aliphatic heterocycles. The first-order valence-corrected chi connectivity index (χ1v) is 5.30. The van der Waals surface area contributed by atoms with Crippen LogP contribution in [0.5, 0.6) is 0 Å². The van der Waals surface area contributed by atoms with Gasteiger partial charge in [-0.15, -0.1) is 0 Å². The minimum atomic E-state index is -0.115. The quantitative estimate of drug-likeness (QED) is 0.590. The number of nitrogens with zero attached hydrogens (tertiary/aromatic N) is 1. The summed E-state index contributed by atoms with van der Waals surface area (Å²) in [6, 6.07) is 0.533. The zero-order chi connectivity index (χ0) is 11.1. The highest BCUT2D eigenvalue weighted by atomic mass is 16.7. The Morgan fingerprint density at radius 2 is 1.43 bits per heavy atom. The van der Waals surface area contributed by atoms with Crippen LogP contribution in [0.4, 0.5) is 0 Å². The molecule has 3 heteroatoms. The lowest BCUT2D eigenvalue weighted by Crippen LogP contribution is -2.41. The van der Waals surface area contributed by atoms with Crippen molar-refractivity contribution in [1.82, 2.24) is 4.90 Å². The lowest BCUT2D eigenvalue weighted by Gasteiger charge is -2.30. The first-order valence-electron chi connectivity index (χ1n) is 5.30. The van der Waals surface area contributed by atoms with E-state index >= 15 is 0 Å². The van der Waals surface area contributed by atoms with E-state index in [4.69, 9.17) is 9.47 Å². The Hall–Kier alpha value is -0.120. The van der Waals surface area contributed by atoms with Gasteiger partial charge in [-0.2, -0.15) is 0 Å². The van der Waals surface area contributed by atoms with Gasteiger partial charge in [-0.3, -0.25) is 4.90 Å². The Bertz CT molecular complexity index is 133. The summed E-state index contributed by atoms with van der Waals surface area (Å²) < 4.78 is 10.4. The van der Waals surface area contributed by atoms with Gasteiger partial charge < -0.3 is 9.47 Å². The minimum absolute atomic E-state index is 0.115. The molecule has 0 aromatic rings. The molecule has 3 nitrogen and oxygen atoms in total. The first-order chi connectivity index (χ1) is 6.51. The van der Waals surface area contributed by atoms with Crippen molar-refractivity contribution in [1.29, 1.82) is 0 Å². The van der Waals surface area contributed by atoms with Crippen molar-refractivity contribution < 1.29 is 9.47 Å². The summed E-state index contributed by atoms with van der Waals surface area (Å²) in [7, 11) is 3.37. The molecule has 0 bridgehead atoms. The Morgan fingerprint density at radius 3 is 1.71 bits per heavy atom. The van der Waals surface area contributed by atoms with Crippen LogP contribution in [0.3, 0.4) is 0 Å². The maximum absolute atomic E-state index is 5.20. The van der Waals surface area contributed by atoms with Crippen LogP contribution in [0.25, 0.3) is 0 Å². The lowest BCUT2D eigenvalue weighted by molar-refractivity contribution is -0.120. The van der Waals surface area contributed by atoms with Crippen LogP contribution < -0.4 is 0 Å². The predicted octanol–water partition coefficient (Wildman–Crippen LogP) is 1.97. The summed E-state index contributed by atoms with van der Waals surface area (Å²) >= 11 is 0. The highest BCUT2D eigenvalue weighted by Gasteiger charge is 2.16. The fraction of sp³-hybridized carbons (Fsp3) is 1.00. The highest BCUT2D eigenvalue weighted by molar-refractivity contribution is 4.66. The van der Waals surface area contributed by atoms with Gasteiger partial charge >= 0.3 is 0 Å². The van der Waals surface area contributed by atoms with E-state index < -0.39 is 0 Å². The minimum Gasteiger partial charge on any atom is -0.355 e. The SMILES string of the molecule is COC(CN(CC(C)C)C(C)C)OC. The molecule has 0 aromatic carbocycles. The van der Waals surface area contributed by atoms with Crippen molar-refractivity contribution >= 4 is 0 Å². The monoisotopic (exact) mass is 203 g/mol. The molecule has 86 valence electrons. The van der Waals surface area contributed by atoms with Crippen LogP contribution in [0.15, 0.2) is 0 Å². The summed E-state index contributed by atoms with van der Waals surface area (Å²) in [6.45, 7) is 10.8. The summed E-state index contributed by atoms with van der Waals surface area (Å²) in [5.74, 6) is 0.673. The van der Waals surface area contributed by atoms with Crippen molar-refractivity contribution in [2.75, 3.05) is 27.3 Å². The van der Waals surface area contributed by atoms with E-state index in [1.54, 1.807) is 14.2 Å². The largest absolute Gasteiger partial charge is 0.355 e. The van der Waals surface area contributed by atoms with Gasteiger partial charge in [0.1, 0.15) is 0 Å². The van der Waals surface area contributed by atoms with Gasteiger partial charge in [-0.25, -0.2) is 0 Å². The summed E-state index contributed by atoms with van der Waals surface area (Å²) in [5, 5.41) is 0. The summed E-state index contributed by atoms with van der Waals surface area (Å²) in [6.07, 6.45) is -0.115. The predicted molar refractivity (Wildman–Crippen MR) is 59.4 cm³/mol. The zero-order valence-electron chi connectivity index (χ0n) is 10.4. The van der Waals surface area contributed by atoms with Crippen LogP contribution >= 0.6 is 0 Å². The molecule has 0 unspecified atom stereocenters. The molecule has 0 heterocycles. The van der Waals surface area contributed by atoms with Gasteiger partial charge in [0.2, 0.25) is 0 Å². The molecule has 14 heavy (non-hydrogen) atoms. The average molecular weight is 203 g/mol. The fourth-order valence-electron chi connectivity index (χ4n) is 1.40. The van der Waals surface area contributed by atoms with Crippen LogP contribution in [0.1, 0.15) is 27.7 Å². The molecule has 0 aromatic heterocycles. The van der Waals surface area contributed by atoms with Crippen molar-refractivity contribution in [3.05, 3.63) is 0 Å². The molecule has 0 saturated carbocycles. The molecule has 0 amide bonds. The van der Waals surface area contributed by atoms with Crippen LogP contribution in [-0.4, -0.2) is 44.5 Å². The first kappa shape index (κ1) is 13.9. The van der Waals surface area contributed by atoms with Crippen molar-refractivity contribution in [2.45, 2.75) is 40.0 Å². The molecule has 0 aliphatic carbocycles. The third-order valence-corrected chi connectivity index (χ3v) is 2.24. The van der Waals surface area contributed by atoms with Crippen molar-refractivity contribution in [3.63, 3.8) is 0 Å². The van der Waals surface area contributed by atoms with Crippen LogP contribution in [0, 0.1) is 5.92 Å². The van der Waals surface area contributed by atoms with E-state index in [1.807, 2.05) is 0 Å². The second-order valence-electron chi connectivity index (χ2n) is 4.34. The molecule has 0 N–H and O–H groups in total. The van der Waals surface area contributed by atoms with E-state index in [2.05, 4.69) is 32.6 Å². The maximum Gasteiger partial charge on any atom is 0.169 e. The second kappa shape index (κ2) is 7.21. The number of hydrogen-bond acceptors (Lipinski definition) is 3. The van der Waals surface area contributed by atoms with Gasteiger partial charge in [0.15, 0.2) is 6.29 Å². The van der Waals surface area contributed by atoms with Gasteiger partial charge in [0.25, 0.3) is 0 Å². The van der Waals surface area contributed by atoms with Crippen LogP contribution in [-0.2, 0) is 9.47 Å². The third kappa shape index (κ3) is 5.58. The topological polar surface area (TPSA) is 21.7 Å². The zero-order valence-corrected chi connectivity index (χ0v) is 10.4. The molecule has 0 spiro atoms. The lowest BCUT2D eigenvalue weighted by atomic mass is 10.2. The Kier molecular flexibility index (Phi) is 7.15. The highest BCUT2D eigenvalue weighted by Crippen LogP contribution is 2.06. The second-order valence-corrected chi connectivity index (χ2v) is 4.34.